The lowest BCUT2D eigenvalue weighted by Crippen LogP contribution is -2.22. The molecule has 0 spiro atoms. The van der Waals surface area contributed by atoms with Gasteiger partial charge in [0.1, 0.15) is 0 Å². The Morgan fingerprint density at radius 3 is 1.33 bits per heavy atom. The van der Waals surface area contributed by atoms with Crippen molar-refractivity contribution in [3.05, 3.63) is 249 Å². The lowest BCUT2D eigenvalue weighted by Gasteiger charge is -2.26. The molecule has 0 N–H and O–H groups in total. The number of para-hydroxylation sites is 1. The topological polar surface area (TPSA) is 25.2 Å². The summed E-state index contributed by atoms with van der Waals surface area (Å²) >= 11 is 0. The number of hydrogen-bond donors (Lipinski definition) is 0. The molecule has 10 aromatic carbocycles. The first-order chi connectivity index (χ1) is 31.6. The summed E-state index contributed by atoms with van der Waals surface area (Å²) in [5.41, 5.74) is 15.5. The average molecular weight is 837 g/mol. The fourth-order valence-corrected chi connectivity index (χ4v) is 13.0. The van der Waals surface area contributed by atoms with E-state index < -0.39 is 7.14 Å². The van der Waals surface area contributed by atoms with E-state index in [9.17, 15) is 0 Å². The van der Waals surface area contributed by atoms with Gasteiger partial charge in [-0.2, -0.15) is 0 Å². The summed E-state index contributed by atoms with van der Waals surface area (Å²) < 4.78 is 18.3. The van der Waals surface area contributed by atoms with Gasteiger partial charge in [0, 0.05) is 44.1 Å². The third-order valence-electron chi connectivity index (χ3n) is 12.8. The predicted octanol–water partition coefficient (Wildman–Crippen LogP) is 14.9. The molecule has 0 aliphatic carbocycles. The molecule has 0 saturated carbocycles. The molecule has 11 aromatic rings. The second-order valence-electron chi connectivity index (χ2n) is 16.4. The SMILES string of the molecule is O=P1(c2ccccc2)c2ccccc2-c2ccc3c4ccccc4n(-c4ccc(-c5ccc(N(c6ccc(-c7ccccc7)cc6)c6ccc(-c7ccccc7)cc6)cc5)cc4)c3c21. The first-order valence-electron chi connectivity index (χ1n) is 21.8. The second-order valence-corrected chi connectivity index (χ2v) is 19.1. The maximum absolute atomic E-state index is 16.0. The molecular weight excluding hydrogens is 796 g/mol. The summed E-state index contributed by atoms with van der Waals surface area (Å²) in [6.07, 6.45) is 0. The van der Waals surface area contributed by atoms with Crippen LogP contribution in [0, 0.1) is 0 Å². The average Bonchev–Trinajstić information content (AvgIpc) is 3.85. The van der Waals surface area contributed by atoms with Crippen LogP contribution in [0.1, 0.15) is 0 Å². The van der Waals surface area contributed by atoms with E-state index >= 15 is 4.57 Å². The highest BCUT2D eigenvalue weighted by atomic mass is 31.2. The van der Waals surface area contributed by atoms with E-state index in [1.807, 2.05) is 36.4 Å². The maximum Gasteiger partial charge on any atom is 0.174 e. The highest BCUT2D eigenvalue weighted by Crippen LogP contribution is 2.55. The quantitative estimate of drug-likeness (QED) is 0.142. The normalized spacial score (nSPS) is 14.1. The fraction of sp³-hybridized carbons (Fsp3) is 0. The summed E-state index contributed by atoms with van der Waals surface area (Å²) in [7, 11) is -3.22. The highest BCUT2D eigenvalue weighted by molar-refractivity contribution is 7.86. The Morgan fingerprint density at radius 1 is 0.344 bits per heavy atom. The van der Waals surface area contributed by atoms with Crippen LogP contribution in [0.2, 0.25) is 0 Å². The summed E-state index contributed by atoms with van der Waals surface area (Å²) in [6.45, 7) is 0. The Morgan fingerprint density at radius 2 is 0.781 bits per heavy atom. The predicted molar refractivity (Wildman–Crippen MR) is 270 cm³/mol. The van der Waals surface area contributed by atoms with Crippen molar-refractivity contribution < 1.29 is 4.57 Å². The van der Waals surface area contributed by atoms with Crippen LogP contribution >= 0.6 is 7.14 Å². The van der Waals surface area contributed by atoms with E-state index in [0.717, 1.165) is 82.7 Å². The highest BCUT2D eigenvalue weighted by Gasteiger charge is 2.42. The summed E-state index contributed by atoms with van der Waals surface area (Å²) in [4.78, 5) is 2.32. The molecule has 2 heterocycles. The van der Waals surface area contributed by atoms with E-state index in [0.29, 0.717) is 0 Å². The molecule has 0 saturated heterocycles. The van der Waals surface area contributed by atoms with E-state index in [-0.39, 0.29) is 0 Å². The zero-order valence-electron chi connectivity index (χ0n) is 34.9. The molecule has 0 amide bonds. The molecule has 1 aliphatic heterocycles. The van der Waals surface area contributed by atoms with Gasteiger partial charge < -0.3 is 14.0 Å². The lowest BCUT2D eigenvalue weighted by molar-refractivity contribution is 0.593. The van der Waals surface area contributed by atoms with Crippen LogP contribution in [-0.4, -0.2) is 4.57 Å². The van der Waals surface area contributed by atoms with Crippen LogP contribution in [0.5, 0.6) is 0 Å². The van der Waals surface area contributed by atoms with E-state index in [1.54, 1.807) is 0 Å². The van der Waals surface area contributed by atoms with Gasteiger partial charge in [0.15, 0.2) is 7.14 Å². The Hall–Kier alpha value is -7.97. The monoisotopic (exact) mass is 836 g/mol. The Balaban J connectivity index is 0.933. The molecule has 1 unspecified atom stereocenters. The van der Waals surface area contributed by atoms with Crippen molar-refractivity contribution in [3.8, 4) is 50.2 Å². The molecule has 1 aliphatic rings. The van der Waals surface area contributed by atoms with Gasteiger partial charge in [-0.15, -0.1) is 0 Å². The van der Waals surface area contributed by atoms with Crippen molar-refractivity contribution in [3.63, 3.8) is 0 Å². The third kappa shape index (κ3) is 6.16. The Bertz CT molecular complexity index is 3440. The van der Waals surface area contributed by atoms with Gasteiger partial charge in [0.25, 0.3) is 0 Å². The van der Waals surface area contributed by atoms with Gasteiger partial charge in [-0.3, -0.25) is 0 Å². The number of benzene rings is 10. The van der Waals surface area contributed by atoms with Crippen LogP contribution < -0.4 is 20.8 Å². The second kappa shape index (κ2) is 15.4. The first-order valence-corrected chi connectivity index (χ1v) is 23.5. The number of aromatic nitrogens is 1. The van der Waals surface area contributed by atoms with Crippen molar-refractivity contribution in [1.82, 2.24) is 4.57 Å². The molecule has 302 valence electrons. The molecule has 1 atom stereocenters. The molecule has 0 fully saturated rings. The van der Waals surface area contributed by atoms with Crippen LogP contribution in [0.3, 0.4) is 0 Å². The molecule has 64 heavy (non-hydrogen) atoms. The van der Waals surface area contributed by atoms with Crippen LogP contribution in [0.25, 0.3) is 72.0 Å². The maximum atomic E-state index is 16.0. The van der Waals surface area contributed by atoms with Crippen molar-refractivity contribution in [2.24, 2.45) is 0 Å². The van der Waals surface area contributed by atoms with Crippen LogP contribution in [0.15, 0.2) is 249 Å². The van der Waals surface area contributed by atoms with Gasteiger partial charge >= 0.3 is 0 Å². The number of anilines is 3. The molecule has 3 nitrogen and oxygen atoms in total. The van der Waals surface area contributed by atoms with Crippen LogP contribution in [0.4, 0.5) is 17.1 Å². The van der Waals surface area contributed by atoms with Gasteiger partial charge in [-0.1, -0.05) is 194 Å². The van der Waals surface area contributed by atoms with E-state index in [1.165, 1.54) is 22.3 Å². The molecule has 0 bridgehead atoms. The first kappa shape index (κ1) is 37.8. The minimum Gasteiger partial charge on any atom is -0.311 e. The number of fused-ring (bicyclic) bond motifs is 7. The zero-order chi connectivity index (χ0) is 42.6. The number of nitrogens with zero attached hydrogens (tertiary/aromatic N) is 2. The van der Waals surface area contributed by atoms with Crippen molar-refractivity contribution in [1.29, 1.82) is 0 Å². The third-order valence-corrected chi connectivity index (χ3v) is 16.0. The molecule has 0 radical (unpaired) electrons. The zero-order valence-corrected chi connectivity index (χ0v) is 35.8. The summed E-state index contributed by atoms with van der Waals surface area (Å²) in [5.74, 6) is 0. The smallest absolute Gasteiger partial charge is 0.174 e. The Kier molecular flexibility index (Phi) is 9.11. The standard InChI is InChI=1S/C60H41N2OP/c63-64(52-18-8-3-9-19-52)58-23-13-11-21-54(58)56-41-40-55-53-20-10-12-22-57(53)62(59(55)60(56)64)51-38-30-47(31-39-51)46-28-36-50(37-29-46)61(48-32-24-44(25-33-48)42-14-4-1-5-15-42)49-34-26-45(27-35-49)43-16-6-2-7-17-43/h1-41H. The van der Waals surface area contributed by atoms with E-state index in [2.05, 4.69) is 222 Å². The number of rotatable bonds is 8. The fourth-order valence-electron chi connectivity index (χ4n) is 9.77. The Labute approximate surface area is 373 Å². The molecular formula is C60H41N2OP. The minimum atomic E-state index is -3.22. The summed E-state index contributed by atoms with van der Waals surface area (Å²) in [5, 5.41) is 4.93. The largest absolute Gasteiger partial charge is 0.311 e. The molecule has 1 aromatic heterocycles. The van der Waals surface area contributed by atoms with Crippen LogP contribution in [-0.2, 0) is 4.57 Å². The van der Waals surface area contributed by atoms with Gasteiger partial charge in [-0.05, 0) is 99.1 Å². The van der Waals surface area contributed by atoms with Crippen molar-refractivity contribution >= 4 is 61.9 Å². The molecule has 12 rings (SSSR count). The minimum absolute atomic E-state index is 0.858. The lowest BCUT2D eigenvalue weighted by atomic mass is 10.0. The van der Waals surface area contributed by atoms with Gasteiger partial charge in [0.05, 0.1) is 16.3 Å². The van der Waals surface area contributed by atoms with Gasteiger partial charge in [0.2, 0.25) is 0 Å². The summed E-state index contributed by atoms with van der Waals surface area (Å²) in [6, 6.07) is 87.7. The van der Waals surface area contributed by atoms with Gasteiger partial charge in [-0.25, -0.2) is 0 Å². The molecule has 4 heteroatoms. The van der Waals surface area contributed by atoms with E-state index in [4.69, 9.17) is 0 Å². The number of hydrogen-bond acceptors (Lipinski definition) is 2. The van der Waals surface area contributed by atoms with Crippen molar-refractivity contribution in [2.75, 3.05) is 4.90 Å². The van der Waals surface area contributed by atoms with Crippen molar-refractivity contribution in [2.45, 2.75) is 0 Å².